The molecule has 2 unspecified atom stereocenters. The molecule has 0 aromatic carbocycles. The predicted molar refractivity (Wildman–Crippen MR) is 66.5 cm³/mol. The van der Waals surface area contributed by atoms with Crippen molar-refractivity contribution in [3.05, 3.63) is 11.6 Å². The number of nitrogens with one attached hydrogen (secondary N) is 2. The molecule has 1 amide bonds. The molecule has 3 N–H and O–H groups in total. The number of rotatable bonds is 4. The maximum atomic E-state index is 11.8. The number of carbonyl (C=O) groups excluding carboxylic acids is 1. The summed E-state index contributed by atoms with van der Waals surface area (Å²) in [5.74, 6) is -0.823. The number of aliphatic carboxylic acids is 1. The summed E-state index contributed by atoms with van der Waals surface area (Å²) in [7, 11) is 0. The molecule has 19 heavy (non-hydrogen) atoms. The van der Waals surface area contributed by atoms with Crippen LogP contribution in [-0.4, -0.2) is 38.7 Å². The van der Waals surface area contributed by atoms with Crippen LogP contribution in [0.2, 0.25) is 0 Å². The van der Waals surface area contributed by atoms with E-state index in [1.54, 1.807) is 6.92 Å². The Morgan fingerprint density at radius 1 is 1.42 bits per heavy atom. The molecule has 1 aromatic heterocycles. The molecule has 1 fully saturated rings. The Hall–Kier alpha value is -1.92. The van der Waals surface area contributed by atoms with Crippen LogP contribution in [0.1, 0.15) is 42.1 Å². The lowest BCUT2D eigenvalue weighted by molar-refractivity contribution is -0.144. The molecule has 1 saturated carbocycles. The van der Waals surface area contributed by atoms with E-state index in [0.717, 1.165) is 19.3 Å². The van der Waals surface area contributed by atoms with Crippen molar-refractivity contribution >= 4 is 11.9 Å². The summed E-state index contributed by atoms with van der Waals surface area (Å²) < 4.78 is 0. The largest absolute Gasteiger partial charge is 0.481 e. The fourth-order valence-electron chi connectivity index (χ4n) is 2.52. The summed E-state index contributed by atoms with van der Waals surface area (Å²) in [6, 6.07) is 0. The molecule has 0 bridgehead atoms. The number of aromatic nitrogens is 3. The summed E-state index contributed by atoms with van der Waals surface area (Å²) in [5, 5.41) is 18.2. The van der Waals surface area contributed by atoms with Crippen molar-refractivity contribution < 1.29 is 14.7 Å². The average molecular weight is 266 g/mol. The first-order chi connectivity index (χ1) is 9.08. The van der Waals surface area contributed by atoms with Crippen LogP contribution in [0.25, 0.3) is 0 Å². The van der Waals surface area contributed by atoms with Gasteiger partial charge in [-0.2, -0.15) is 0 Å². The molecule has 7 nitrogen and oxygen atoms in total. The molecule has 2 atom stereocenters. The smallest absolute Gasteiger partial charge is 0.306 e. The van der Waals surface area contributed by atoms with Gasteiger partial charge in [0.1, 0.15) is 5.82 Å². The topological polar surface area (TPSA) is 108 Å². The van der Waals surface area contributed by atoms with Gasteiger partial charge in [-0.05, 0) is 25.7 Å². The Kier molecular flexibility index (Phi) is 4.13. The van der Waals surface area contributed by atoms with E-state index in [0.29, 0.717) is 18.8 Å². The monoisotopic (exact) mass is 266 g/mol. The molecular formula is C12H18N4O3. The average Bonchev–Trinajstić information content (AvgIpc) is 2.83. The zero-order chi connectivity index (χ0) is 13.8. The van der Waals surface area contributed by atoms with Crippen molar-refractivity contribution in [1.82, 2.24) is 20.5 Å². The molecule has 1 aromatic rings. The molecule has 2 rings (SSSR count). The lowest BCUT2D eigenvalue weighted by Gasteiger charge is -2.28. The highest BCUT2D eigenvalue weighted by Crippen LogP contribution is 2.29. The minimum Gasteiger partial charge on any atom is -0.481 e. The van der Waals surface area contributed by atoms with Gasteiger partial charge in [-0.3, -0.25) is 14.7 Å². The molecular weight excluding hydrogens is 248 g/mol. The molecule has 0 saturated heterocycles. The molecule has 7 heteroatoms. The summed E-state index contributed by atoms with van der Waals surface area (Å²) in [5.41, 5.74) is 0. The Bertz CT molecular complexity index is 471. The van der Waals surface area contributed by atoms with Gasteiger partial charge in [0.15, 0.2) is 0 Å². The summed E-state index contributed by atoms with van der Waals surface area (Å²) in [6.07, 6.45) is 3.49. The van der Waals surface area contributed by atoms with Crippen LogP contribution in [0.15, 0.2) is 0 Å². The number of aryl methyl sites for hydroxylation is 1. The fraction of sp³-hybridized carbons (Fsp3) is 0.667. The number of nitrogens with zero attached hydrogens (tertiary/aromatic N) is 2. The molecule has 1 aliphatic rings. The summed E-state index contributed by atoms with van der Waals surface area (Å²) in [6.45, 7) is 2.08. The molecule has 104 valence electrons. The van der Waals surface area contributed by atoms with Crippen molar-refractivity contribution in [3.63, 3.8) is 0 Å². The molecule has 0 radical (unpaired) electrons. The number of hydrogen-bond donors (Lipinski definition) is 3. The quantitative estimate of drug-likeness (QED) is 0.744. The third-order valence-electron chi connectivity index (χ3n) is 3.55. The van der Waals surface area contributed by atoms with Crippen LogP contribution < -0.4 is 5.32 Å². The number of hydrogen-bond acceptors (Lipinski definition) is 4. The molecule has 0 aliphatic heterocycles. The van der Waals surface area contributed by atoms with E-state index in [-0.39, 0.29) is 23.6 Å². The van der Waals surface area contributed by atoms with Crippen molar-refractivity contribution in [1.29, 1.82) is 0 Å². The zero-order valence-corrected chi connectivity index (χ0v) is 10.8. The summed E-state index contributed by atoms with van der Waals surface area (Å²) in [4.78, 5) is 26.8. The molecule has 1 aliphatic carbocycles. The highest BCUT2D eigenvalue weighted by atomic mass is 16.4. The second-order valence-corrected chi connectivity index (χ2v) is 4.94. The second-order valence-electron chi connectivity index (χ2n) is 4.94. The fourth-order valence-corrected chi connectivity index (χ4v) is 2.52. The zero-order valence-electron chi connectivity index (χ0n) is 10.8. The van der Waals surface area contributed by atoms with Crippen molar-refractivity contribution in [2.24, 2.45) is 11.8 Å². The van der Waals surface area contributed by atoms with Crippen LogP contribution in [-0.2, 0) is 4.79 Å². The second kappa shape index (κ2) is 5.81. The SMILES string of the molecule is Cc1nc(C(=O)NCC2CCCCC2C(=O)O)n[nH]1. The van der Waals surface area contributed by atoms with E-state index >= 15 is 0 Å². The van der Waals surface area contributed by atoms with Crippen LogP contribution in [0.4, 0.5) is 0 Å². The van der Waals surface area contributed by atoms with Gasteiger partial charge in [0, 0.05) is 6.54 Å². The number of carbonyl (C=O) groups is 2. The third kappa shape index (κ3) is 3.30. The van der Waals surface area contributed by atoms with E-state index in [1.807, 2.05) is 0 Å². The van der Waals surface area contributed by atoms with Gasteiger partial charge in [-0.1, -0.05) is 12.8 Å². The third-order valence-corrected chi connectivity index (χ3v) is 3.55. The maximum absolute atomic E-state index is 11.8. The Labute approximate surface area is 110 Å². The van der Waals surface area contributed by atoms with Crippen LogP contribution in [0.3, 0.4) is 0 Å². The first-order valence-electron chi connectivity index (χ1n) is 6.48. The van der Waals surface area contributed by atoms with Gasteiger partial charge in [0.2, 0.25) is 5.82 Å². The number of amides is 1. The Morgan fingerprint density at radius 3 is 2.79 bits per heavy atom. The number of carboxylic acids is 1. The predicted octanol–water partition coefficient (Wildman–Crippen LogP) is 0.734. The minimum absolute atomic E-state index is 0.00441. The van der Waals surface area contributed by atoms with Crippen molar-refractivity contribution in [3.8, 4) is 0 Å². The van der Waals surface area contributed by atoms with Gasteiger partial charge >= 0.3 is 5.97 Å². The molecule has 1 heterocycles. The Balaban J connectivity index is 1.90. The lowest BCUT2D eigenvalue weighted by atomic mass is 9.79. The van der Waals surface area contributed by atoms with Crippen molar-refractivity contribution in [2.75, 3.05) is 6.54 Å². The van der Waals surface area contributed by atoms with Gasteiger partial charge < -0.3 is 10.4 Å². The van der Waals surface area contributed by atoms with E-state index in [1.165, 1.54) is 0 Å². The van der Waals surface area contributed by atoms with Crippen LogP contribution >= 0.6 is 0 Å². The van der Waals surface area contributed by atoms with Crippen LogP contribution in [0.5, 0.6) is 0 Å². The highest BCUT2D eigenvalue weighted by molar-refractivity contribution is 5.90. The standard InChI is InChI=1S/C12H18N4O3/c1-7-14-10(16-15-7)11(17)13-6-8-4-2-3-5-9(8)12(18)19/h8-9H,2-6H2,1H3,(H,13,17)(H,18,19)(H,14,15,16). The highest BCUT2D eigenvalue weighted by Gasteiger charge is 2.31. The maximum Gasteiger partial charge on any atom is 0.306 e. The number of aromatic amines is 1. The van der Waals surface area contributed by atoms with Crippen molar-refractivity contribution in [2.45, 2.75) is 32.6 Å². The lowest BCUT2D eigenvalue weighted by Crippen LogP contribution is -2.37. The van der Waals surface area contributed by atoms with E-state index in [2.05, 4.69) is 20.5 Å². The minimum atomic E-state index is -0.771. The number of carboxylic acid groups (broad SMARTS) is 1. The van der Waals surface area contributed by atoms with Gasteiger partial charge in [0.25, 0.3) is 5.91 Å². The van der Waals surface area contributed by atoms with Gasteiger partial charge in [0.05, 0.1) is 5.92 Å². The first kappa shape index (κ1) is 13.5. The number of H-pyrrole nitrogens is 1. The van der Waals surface area contributed by atoms with Crippen LogP contribution in [0, 0.1) is 18.8 Å². The van der Waals surface area contributed by atoms with Gasteiger partial charge in [-0.25, -0.2) is 4.98 Å². The summed E-state index contributed by atoms with van der Waals surface area (Å²) >= 11 is 0. The van der Waals surface area contributed by atoms with E-state index in [4.69, 9.17) is 5.11 Å². The van der Waals surface area contributed by atoms with E-state index in [9.17, 15) is 9.59 Å². The van der Waals surface area contributed by atoms with Gasteiger partial charge in [-0.15, -0.1) is 5.10 Å². The van der Waals surface area contributed by atoms with E-state index < -0.39 is 5.97 Å². The first-order valence-corrected chi connectivity index (χ1v) is 6.48. The molecule has 0 spiro atoms. The normalized spacial score (nSPS) is 23.0. The Morgan fingerprint density at radius 2 is 2.16 bits per heavy atom.